The van der Waals surface area contributed by atoms with Crippen LogP contribution in [0, 0.1) is 11.8 Å². The molecule has 1 aromatic rings. The monoisotopic (exact) mass is 342 g/mol. The molecule has 0 bridgehead atoms. The van der Waals surface area contributed by atoms with E-state index in [2.05, 4.69) is 4.90 Å². The number of primary amides is 1. The molecule has 4 heteroatoms. The van der Waals surface area contributed by atoms with Gasteiger partial charge in [-0.25, -0.2) is 0 Å². The normalized spacial score (nSPS) is 19.3. The number of rotatable bonds is 6. The molecule has 1 saturated carbocycles. The van der Waals surface area contributed by atoms with E-state index in [9.17, 15) is 9.59 Å². The molecule has 2 fully saturated rings. The number of amides is 2. The lowest BCUT2D eigenvalue weighted by Crippen LogP contribution is -2.38. The first-order valence-electron chi connectivity index (χ1n) is 9.78. The van der Waals surface area contributed by atoms with Crippen molar-refractivity contribution in [3.05, 3.63) is 35.4 Å². The number of piperidine rings is 1. The standard InChI is InChI=1S/C21H30N2O2/c22-21(25)19-8-5-17(6-9-19)15-18-11-13-23(14-12-18)20(24)10-7-16-3-1-2-4-16/h5-6,8-9,16,18H,1-4,7,10-15H2,(H2,22,25). The highest BCUT2D eigenvalue weighted by molar-refractivity contribution is 5.92. The molecule has 1 heterocycles. The average Bonchev–Trinajstić information content (AvgIpc) is 3.14. The third kappa shape index (κ3) is 5.07. The van der Waals surface area contributed by atoms with E-state index < -0.39 is 0 Å². The van der Waals surface area contributed by atoms with E-state index in [1.54, 1.807) is 12.1 Å². The minimum Gasteiger partial charge on any atom is -0.366 e. The zero-order valence-electron chi connectivity index (χ0n) is 15.1. The van der Waals surface area contributed by atoms with Gasteiger partial charge in [-0.2, -0.15) is 0 Å². The van der Waals surface area contributed by atoms with E-state index in [0.717, 1.165) is 51.1 Å². The second-order valence-electron chi connectivity index (χ2n) is 7.78. The quantitative estimate of drug-likeness (QED) is 0.859. The minimum atomic E-state index is -0.379. The van der Waals surface area contributed by atoms with Crippen LogP contribution in [0.5, 0.6) is 0 Å². The zero-order chi connectivity index (χ0) is 17.6. The summed E-state index contributed by atoms with van der Waals surface area (Å²) in [6.45, 7) is 1.79. The number of nitrogens with zero attached hydrogens (tertiary/aromatic N) is 1. The van der Waals surface area contributed by atoms with Crippen molar-refractivity contribution in [2.75, 3.05) is 13.1 Å². The Hall–Kier alpha value is -1.84. The van der Waals surface area contributed by atoms with Crippen LogP contribution >= 0.6 is 0 Å². The van der Waals surface area contributed by atoms with Crippen molar-refractivity contribution in [2.45, 2.75) is 57.8 Å². The van der Waals surface area contributed by atoms with Gasteiger partial charge in [0, 0.05) is 25.1 Å². The molecule has 0 aromatic heterocycles. The predicted octanol–water partition coefficient (Wildman–Crippen LogP) is 3.54. The molecule has 136 valence electrons. The number of likely N-dealkylation sites (tertiary alicyclic amines) is 1. The Kier molecular flexibility index (Phi) is 6.11. The van der Waals surface area contributed by atoms with E-state index in [1.807, 2.05) is 12.1 Å². The third-order valence-corrected chi connectivity index (χ3v) is 5.97. The van der Waals surface area contributed by atoms with Crippen molar-refractivity contribution in [1.29, 1.82) is 0 Å². The maximum atomic E-state index is 12.4. The molecule has 1 aliphatic heterocycles. The summed E-state index contributed by atoms with van der Waals surface area (Å²) in [5.41, 5.74) is 7.09. The van der Waals surface area contributed by atoms with Crippen LogP contribution in [0.3, 0.4) is 0 Å². The molecule has 1 saturated heterocycles. The molecule has 0 unspecified atom stereocenters. The van der Waals surface area contributed by atoms with Crippen LogP contribution in [-0.4, -0.2) is 29.8 Å². The Morgan fingerprint density at radius 3 is 2.20 bits per heavy atom. The first-order chi connectivity index (χ1) is 12.1. The topological polar surface area (TPSA) is 63.4 Å². The summed E-state index contributed by atoms with van der Waals surface area (Å²) in [6, 6.07) is 7.61. The highest BCUT2D eigenvalue weighted by Crippen LogP contribution is 2.29. The van der Waals surface area contributed by atoms with Crippen molar-refractivity contribution >= 4 is 11.8 Å². The fraction of sp³-hybridized carbons (Fsp3) is 0.619. The molecule has 3 rings (SSSR count). The molecule has 4 nitrogen and oxygen atoms in total. The number of benzene rings is 1. The Labute approximate surface area is 150 Å². The highest BCUT2D eigenvalue weighted by Gasteiger charge is 2.24. The molecule has 0 atom stereocenters. The Bertz CT molecular complexity index is 582. The average molecular weight is 342 g/mol. The predicted molar refractivity (Wildman–Crippen MR) is 99.2 cm³/mol. The van der Waals surface area contributed by atoms with E-state index in [-0.39, 0.29) is 5.91 Å². The Morgan fingerprint density at radius 2 is 1.60 bits per heavy atom. The van der Waals surface area contributed by atoms with E-state index in [0.29, 0.717) is 17.4 Å². The Balaban J connectivity index is 1.40. The molecule has 25 heavy (non-hydrogen) atoms. The Morgan fingerprint density at radius 1 is 0.960 bits per heavy atom. The lowest BCUT2D eigenvalue weighted by atomic mass is 9.89. The van der Waals surface area contributed by atoms with Crippen molar-refractivity contribution in [2.24, 2.45) is 17.6 Å². The van der Waals surface area contributed by atoms with Gasteiger partial charge < -0.3 is 10.6 Å². The van der Waals surface area contributed by atoms with Crippen LogP contribution in [0.1, 0.15) is 67.3 Å². The van der Waals surface area contributed by atoms with Gasteiger partial charge in [-0.3, -0.25) is 9.59 Å². The molecule has 0 spiro atoms. The van der Waals surface area contributed by atoms with Crippen molar-refractivity contribution < 1.29 is 9.59 Å². The van der Waals surface area contributed by atoms with Gasteiger partial charge in [-0.05, 0) is 55.2 Å². The fourth-order valence-electron chi connectivity index (χ4n) is 4.31. The van der Waals surface area contributed by atoms with Crippen molar-refractivity contribution in [3.8, 4) is 0 Å². The van der Waals surface area contributed by atoms with Crippen LogP contribution in [0.4, 0.5) is 0 Å². The smallest absolute Gasteiger partial charge is 0.248 e. The first kappa shape index (κ1) is 18.0. The summed E-state index contributed by atoms with van der Waals surface area (Å²) in [7, 11) is 0. The summed E-state index contributed by atoms with van der Waals surface area (Å²) in [5.74, 6) is 1.40. The van der Waals surface area contributed by atoms with E-state index >= 15 is 0 Å². The van der Waals surface area contributed by atoms with Crippen LogP contribution in [0.25, 0.3) is 0 Å². The van der Waals surface area contributed by atoms with E-state index in [4.69, 9.17) is 5.73 Å². The number of carbonyl (C=O) groups excluding carboxylic acids is 2. The van der Waals surface area contributed by atoms with Gasteiger partial charge >= 0.3 is 0 Å². The van der Waals surface area contributed by atoms with Gasteiger partial charge in [0.2, 0.25) is 11.8 Å². The second-order valence-corrected chi connectivity index (χ2v) is 7.78. The molecular weight excluding hydrogens is 312 g/mol. The van der Waals surface area contributed by atoms with Gasteiger partial charge in [-0.1, -0.05) is 37.8 Å². The van der Waals surface area contributed by atoms with Gasteiger partial charge in [0.15, 0.2) is 0 Å². The molecular formula is C21H30N2O2. The van der Waals surface area contributed by atoms with Gasteiger partial charge in [0.05, 0.1) is 0 Å². The summed E-state index contributed by atoms with van der Waals surface area (Å²) >= 11 is 0. The van der Waals surface area contributed by atoms with E-state index in [1.165, 1.54) is 31.2 Å². The maximum absolute atomic E-state index is 12.4. The van der Waals surface area contributed by atoms with Gasteiger partial charge in [-0.15, -0.1) is 0 Å². The lowest BCUT2D eigenvalue weighted by Gasteiger charge is -2.32. The minimum absolute atomic E-state index is 0.358. The SMILES string of the molecule is NC(=O)c1ccc(CC2CCN(C(=O)CCC3CCCC3)CC2)cc1. The highest BCUT2D eigenvalue weighted by atomic mass is 16.2. The molecule has 1 aliphatic carbocycles. The van der Waals surface area contributed by atoms with Crippen LogP contribution in [-0.2, 0) is 11.2 Å². The van der Waals surface area contributed by atoms with Crippen molar-refractivity contribution in [3.63, 3.8) is 0 Å². The number of hydrogen-bond donors (Lipinski definition) is 1. The number of carbonyl (C=O) groups is 2. The third-order valence-electron chi connectivity index (χ3n) is 5.97. The summed E-state index contributed by atoms with van der Waals surface area (Å²) in [4.78, 5) is 25.6. The lowest BCUT2D eigenvalue weighted by molar-refractivity contribution is -0.132. The van der Waals surface area contributed by atoms with Gasteiger partial charge in [0.1, 0.15) is 0 Å². The van der Waals surface area contributed by atoms with Crippen LogP contribution in [0.15, 0.2) is 24.3 Å². The molecule has 2 N–H and O–H groups in total. The maximum Gasteiger partial charge on any atom is 0.248 e. The zero-order valence-corrected chi connectivity index (χ0v) is 15.1. The molecule has 2 amide bonds. The molecule has 2 aliphatic rings. The molecule has 1 aromatic carbocycles. The summed E-state index contributed by atoms with van der Waals surface area (Å²) in [5, 5.41) is 0. The number of hydrogen-bond acceptors (Lipinski definition) is 2. The first-order valence-corrected chi connectivity index (χ1v) is 9.78. The van der Waals surface area contributed by atoms with Crippen LogP contribution < -0.4 is 5.73 Å². The second kappa shape index (κ2) is 8.50. The summed E-state index contributed by atoms with van der Waals surface area (Å²) < 4.78 is 0. The largest absolute Gasteiger partial charge is 0.366 e. The van der Waals surface area contributed by atoms with Gasteiger partial charge in [0.25, 0.3) is 0 Å². The van der Waals surface area contributed by atoms with Crippen LogP contribution in [0.2, 0.25) is 0 Å². The fourth-order valence-corrected chi connectivity index (χ4v) is 4.31. The van der Waals surface area contributed by atoms with Crippen molar-refractivity contribution in [1.82, 2.24) is 4.90 Å². The number of nitrogens with two attached hydrogens (primary N) is 1. The molecule has 0 radical (unpaired) electrons. The summed E-state index contributed by atoms with van der Waals surface area (Å²) in [6.07, 6.45) is 10.3.